The van der Waals surface area contributed by atoms with Crippen molar-refractivity contribution in [3.05, 3.63) is 0 Å². The number of nitrogens with zero attached hydrogens (tertiary/aromatic N) is 3. The van der Waals surface area contributed by atoms with Gasteiger partial charge in [-0.15, -0.1) is 0 Å². The summed E-state index contributed by atoms with van der Waals surface area (Å²) in [5, 5.41) is 3.28. The zero-order valence-electron chi connectivity index (χ0n) is 15.0. The molecule has 7 nitrogen and oxygen atoms in total. The summed E-state index contributed by atoms with van der Waals surface area (Å²) in [5.74, 6) is 0. The summed E-state index contributed by atoms with van der Waals surface area (Å²) in [4.78, 5) is 30.0. The molecule has 2 aliphatic rings. The van der Waals surface area contributed by atoms with Crippen molar-refractivity contribution in [2.75, 3.05) is 40.3 Å². The van der Waals surface area contributed by atoms with Gasteiger partial charge in [-0.3, -0.25) is 0 Å². The third-order valence-electron chi connectivity index (χ3n) is 4.55. The fourth-order valence-corrected chi connectivity index (χ4v) is 3.06. The highest BCUT2D eigenvalue weighted by Gasteiger charge is 2.35. The van der Waals surface area contributed by atoms with E-state index in [1.165, 1.54) is 0 Å². The van der Waals surface area contributed by atoms with Crippen molar-refractivity contribution in [3.8, 4) is 0 Å². The largest absolute Gasteiger partial charge is 0.444 e. The third-order valence-corrected chi connectivity index (χ3v) is 4.55. The second-order valence-electron chi connectivity index (χ2n) is 7.52. The van der Waals surface area contributed by atoms with E-state index in [0.29, 0.717) is 13.1 Å². The van der Waals surface area contributed by atoms with Gasteiger partial charge in [-0.05, 0) is 40.2 Å². The van der Waals surface area contributed by atoms with Gasteiger partial charge in [0.05, 0.1) is 6.04 Å². The summed E-state index contributed by atoms with van der Waals surface area (Å²) in [7, 11) is 3.61. The van der Waals surface area contributed by atoms with Crippen molar-refractivity contribution in [3.63, 3.8) is 0 Å². The fourth-order valence-electron chi connectivity index (χ4n) is 3.06. The quantitative estimate of drug-likeness (QED) is 0.832. The Hall–Kier alpha value is -1.50. The lowest BCUT2D eigenvalue weighted by Crippen LogP contribution is -2.47. The van der Waals surface area contributed by atoms with Crippen LogP contribution in [0, 0.1) is 0 Å². The van der Waals surface area contributed by atoms with E-state index in [4.69, 9.17) is 4.74 Å². The summed E-state index contributed by atoms with van der Waals surface area (Å²) in [6.45, 7) is 8.64. The molecule has 2 fully saturated rings. The van der Waals surface area contributed by atoms with Gasteiger partial charge < -0.3 is 24.8 Å². The van der Waals surface area contributed by atoms with E-state index in [1.807, 2.05) is 37.6 Å². The number of likely N-dealkylation sites (N-methyl/N-ethyl adjacent to an activating group) is 2. The van der Waals surface area contributed by atoms with E-state index in [0.717, 1.165) is 25.9 Å². The number of hydrogen-bond donors (Lipinski definition) is 1. The van der Waals surface area contributed by atoms with Crippen LogP contribution in [-0.2, 0) is 4.74 Å². The van der Waals surface area contributed by atoms with Crippen LogP contribution < -0.4 is 5.32 Å². The monoisotopic (exact) mass is 326 g/mol. The molecular formula is C16H30N4O3. The van der Waals surface area contributed by atoms with E-state index < -0.39 is 5.60 Å². The number of likely N-dealkylation sites (tertiary alicyclic amines) is 1. The van der Waals surface area contributed by atoms with Crippen LogP contribution in [0.25, 0.3) is 0 Å². The molecule has 3 amide bonds. The van der Waals surface area contributed by atoms with Crippen molar-refractivity contribution in [2.45, 2.75) is 51.3 Å². The summed E-state index contributed by atoms with van der Waals surface area (Å²) < 4.78 is 5.40. The van der Waals surface area contributed by atoms with Gasteiger partial charge in [-0.25, -0.2) is 9.59 Å². The lowest BCUT2D eigenvalue weighted by Gasteiger charge is -2.30. The first kappa shape index (κ1) is 17.8. The van der Waals surface area contributed by atoms with Gasteiger partial charge in [0, 0.05) is 39.8 Å². The molecule has 2 rings (SSSR count). The molecule has 23 heavy (non-hydrogen) atoms. The summed E-state index contributed by atoms with van der Waals surface area (Å²) in [6.07, 6.45) is 1.46. The topological polar surface area (TPSA) is 65.1 Å². The molecule has 0 radical (unpaired) electrons. The van der Waals surface area contributed by atoms with Crippen LogP contribution in [-0.4, -0.2) is 84.8 Å². The summed E-state index contributed by atoms with van der Waals surface area (Å²) in [6, 6.07) is 0.341. The maximum Gasteiger partial charge on any atom is 0.410 e. The van der Waals surface area contributed by atoms with Crippen LogP contribution in [0.1, 0.15) is 33.6 Å². The number of ether oxygens (including phenoxy) is 1. The molecular weight excluding hydrogens is 296 g/mol. The molecule has 2 heterocycles. The Bertz CT molecular complexity index is 443. The van der Waals surface area contributed by atoms with Crippen molar-refractivity contribution < 1.29 is 14.3 Å². The van der Waals surface area contributed by atoms with Crippen LogP contribution in [0.15, 0.2) is 0 Å². The van der Waals surface area contributed by atoms with Crippen molar-refractivity contribution >= 4 is 12.1 Å². The van der Waals surface area contributed by atoms with Crippen LogP contribution in [0.3, 0.4) is 0 Å². The molecule has 0 aromatic rings. The molecule has 0 aromatic heterocycles. The summed E-state index contributed by atoms with van der Waals surface area (Å²) in [5.41, 5.74) is -0.505. The van der Waals surface area contributed by atoms with Crippen molar-refractivity contribution in [2.24, 2.45) is 0 Å². The van der Waals surface area contributed by atoms with Crippen LogP contribution in [0.4, 0.5) is 9.59 Å². The molecule has 0 spiro atoms. The summed E-state index contributed by atoms with van der Waals surface area (Å²) >= 11 is 0. The first-order valence-corrected chi connectivity index (χ1v) is 8.37. The Morgan fingerprint density at radius 1 is 1.13 bits per heavy atom. The van der Waals surface area contributed by atoms with Crippen LogP contribution in [0.2, 0.25) is 0 Å². The lowest BCUT2D eigenvalue weighted by atomic mass is 10.2. The molecule has 2 atom stereocenters. The predicted octanol–water partition coefficient (Wildman–Crippen LogP) is 1.34. The fraction of sp³-hybridized carbons (Fsp3) is 0.875. The van der Waals surface area contributed by atoms with Gasteiger partial charge >= 0.3 is 12.1 Å². The number of urea groups is 1. The minimum absolute atomic E-state index is 0.0175. The lowest BCUT2D eigenvalue weighted by molar-refractivity contribution is 0.0229. The normalized spacial score (nSPS) is 24.7. The van der Waals surface area contributed by atoms with Gasteiger partial charge in [0.2, 0.25) is 0 Å². The van der Waals surface area contributed by atoms with Crippen LogP contribution >= 0.6 is 0 Å². The molecule has 1 N–H and O–H groups in total. The number of amides is 3. The maximum atomic E-state index is 12.6. The molecule has 7 heteroatoms. The molecule has 2 aliphatic heterocycles. The Morgan fingerprint density at radius 3 is 2.39 bits per heavy atom. The number of rotatable bonds is 2. The Morgan fingerprint density at radius 2 is 1.83 bits per heavy atom. The van der Waals surface area contributed by atoms with Gasteiger partial charge in [0.1, 0.15) is 5.60 Å². The molecule has 0 bridgehead atoms. The average Bonchev–Trinajstić information content (AvgIpc) is 3.14. The van der Waals surface area contributed by atoms with E-state index in [9.17, 15) is 9.59 Å². The van der Waals surface area contributed by atoms with E-state index >= 15 is 0 Å². The second kappa shape index (κ2) is 6.95. The minimum Gasteiger partial charge on any atom is -0.444 e. The molecule has 0 aromatic carbocycles. The predicted molar refractivity (Wildman–Crippen MR) is 88.4 cm³/mol. The smallest absolute Gasteiger partial charge is 0.410 e. The average molecular weight is 326 g/mol. The zero-order valence-corrected chi connectivity index (χ0v) is 15.0. The van der Waals surface area contributed by atoms with Crippen molar-refractivity contribution in [1.82, 2.24) is 20.0 Å². The van der Waals surface area contributed by atoms with Gasteiger partial charge in [0.15, 0.2) is 0 Å². The number of carbonyl (C=O) groups excluding carboxylic acids is 2. The van der Waals surface area contributed by atoms with E-state index in [1.54, 1.807) is 11.9 Å². The standard InChI is InChI=1S/C16H30N4O3/c1-16(2,3)23-15(22)19(5)13-7-9-20(11-13)14(21)18(4)12-6-8-17-10-12/h12-13,17H,6-11H2,1-5H3/t12-,13+/m1/s1. The first-order chi connectivity index (χ1) is 10.7. The minimum atomic E-state index is -0.505. The molecule has 0 aliphatic carbocycles. The van der Waals surface area contributed by atoms with Crippen LogP contribution in [0.5, 0.6) is 0 Å². The molecule has 132 valence electrons. The van der Waals surface area contributed by atoms with Gasteiger partial charge in [-0.2, -0.15) is 0 Å². The van der Waals surface area contributed by atoms with E-state index in [2.05, 4.69) is 5.32 Å². The Balaban J connectivity index is 1.87. The number of carbonyl (C=O) groups is 2. The molecule has 2 saturated heterocycles. The molecule has 0 unspecified atom stereocenters. The number of nitrogens with one attached hydrogen (secondary N) is 1. The highest BCUT2D eigenvalue weighted by Crippen LogP contribution is 2.20. The SMILES string of the molecule is CN(C(=O)OC(C)(C)C)[C@H]1CCN(C(=O)N(C)[C@@H]2CCNC2)C1. The number of hydrogen-bond acceptors (Lipinski definition) is 4. The Labute approximate surface area is 138 Å². The zero-order chi connectivity index (χ0) is 17.2. The third kappa shape index (κ3) is 4.50. The highest BCUT2D eigenvalue weighted by molar-refractivity contribution is 5.75. The highest BCUT2D eigenvalue weighted by atomic mass is 16.6. The van der Waals surface area contributed by atoms with Gasteiger partial charge in [0.25, 0.3) is 0 Å². The molecule has 0 saturated carbocycles. The van der Waals surface area contributed by atoms with Gasteiger partial charge in [-0.1, -0.05) is 0 Å². The second-order valence-corrected chi connectivity index (χ2v) is 7.52. The van der Waals surface area contributed by atoms with Crippen molar-refractivity contribution in [1.29, 1.82) is 0 Å². The first-order valence-electron chi connectivity index (χ1n) is 8.37. The Kier molecular flexibility index (Phi) is 5.39. The maximum absolute atomic E-state index is 12.6. The van der Waals surface area contributed by atoms with E-state index in [-0.39, 0.29) is 24.2 Å².